The van der Waals surface area contributed by atoms with Gasteiger partial charge in [-0.15, -0.1) is 0 Å². The molecule has 1 saturated carbocycles. The molecule has 4 rings (SSSR count). The standard InChI is InChI=1S/C18H23N5O2/c1-11-19-8-5-16(21-11)22-15-10-25-9-6-14(15)23-18(24)13-4-7-20-17(13)12-2-3-12/h4-5,7-8,12,14-15,20H,2-3,6,9-10H2,1H3,(H,23,24)(H,19,21,22)/t14-,15+/m0/s1. The largest absolute Gasteiger partial charge is 0.379 e. The smallest absolute Gasteiger partial charge is 0.253 e. The molecule has 0 unspecified atom stereocenters. The normalized spacial score (nSPS) is 23.2. The molecule has 3 heterocycles. The highest BCUT2D eigenvalue weighted by Gasteiger charge is 2.32. The van der Waals surface area contributed by atoms with Crippen LogP contribution in [0.1, 0.15) is 47.1 Å². The summed E-state index contributed by atoms with van der Waals surface area (Å²) >= 11 is 0. The molecule has 1 amide bonds. The molecule has 0 aromatic carbocycles. The number of aromatic amines is 1. The van der Waals surface area contributed by atoms with Gasteiger partial charge in [-0.25, -0.2) is 9.97 Å². The van der Waals surface area contributed by atoms with E-state index in [4.69, 9.17) is 4.74 Å². The van der Waals surface area contributed by atoms with Crippen molar-refractivity contribution in [1.29, 1.82) is 0 Å². The minimum absolute atomic E-state index is 0.00141. The Morgan fingerprint density at radius 2 is 2.16 bits per heavy atom. The number of carbonyl (C=O) groups is 1. The summed E-state index contributed by atoms with van der Waals surface area (Å²) in [5.41, 5.74) is 1.84. The van der Waals surface area contributed by atoms with E-state index in [1.807, 2.05) is 25.3 Å². The molecule has 132 valence electrons. The lowest BCUT2D eigenvalue weighted by Crippen LogP contribution is -2.52. The van der Waals surface area contributed by atoms with Crippen LogP contribution in [0.4, 0.5) is 5.82 Å². The van der Waals surface area contributed by atoms with Crippen molar-refractivity contribution < 1.29 is 9.53 Å². The number of aromatic nitrogens is 3. The zero-order valence-corrected chi connectivity index (χ0v) is 14.3. The van der Waals surface area contributed by atoms with E-state index in [1.165, 1.54) is 0 Å². The van der Waals surface area contributed by atoms with Crippen LogP contribution >= 0.6 is 0 Å². The number of hydrogen-bond donors (Lipinski definition) is 3. The molecule has 2 atom stereocenters. The van der Waals surface area contributed by atoms with Crippen molar-refractivity contribution in [2.24, 2.45) is 0 Å². The summed E-state index contributed by atoms with van der Waals surface area (Å²) in [6.45, 7) is 3.04. The van der Waals surface area contributed by atoms with Gasteiger partial charge in [-0.1, -0.05) is 0 Å². The van der Waals surface area contributed by atoms with E-state index in [-0.39, 0.29) is 18.0 Å². The Balaban J connectivity index is 1.45. The summed E-state index contributed by atoms with van der Waals surface area (Å²) in [5, 5.41) is 6.56. The quantitative estimate of drug-likeness (QED) is 0.773. The van der Waals surface area contributed by atoms with Crippen molar-refractivity contribution >= 4 is 11.7 Å². The van der Waals surface area contributed by atoms with E-state index in [1.54, 1.807) is 6.20 Å². The second-order valence-electron chi connectivity index (χ2n) is 6.76. The predicted octanol–water partition coefficient (Wildman–Crippen LogP) is 1.99. The Hall–Kier alpha value is -2.41. The fourth-order valence-electron chi connectivity index (χ4n) is 3.32. The average Bonchev–Trinajstić information content (AvgIpc) is 3.33. The maximum Gasteiger partial charge on any atom is 0.253 e. The number of ether oxygens (including phenoxy) is 1. The van der Waals surface area contributed by atoms with Gasteiger partial charge in [0.05, 0.1) is 24.3 Å². The Bertz CT molecular complexity index is 755. The van der Waals surface area contributed by atoms with Gasteiger partial charge in [0.15, 0.2) is 0 Å². The second-order valence-corrected chi connectivity index (χ2v) is 6.76. The van der Waals surface area contributed by atoms with Crippen LogP contribution < -0.4 is 10.6 Å². The number of amides is 1. The van der Waals surface area contributed by atoms with Gasteiger partial charge < -0.3 is 20.4 Å². The molecule has 0 bridgehead atoms. The molecule has 7 nitrogen and oxygen atoms in total. The summed E-state index contributed by atoms with van der Waals surface area (Å²) in [5.74, 6) is 1.97. The van der Waals surface area contributed by atoms with Crippen molar-refractivity contribution in [2.75, 3.05) is 18.5 Å². The lowest BCUT2D eigenvalue weighted by molar-refractivity contribution is 0.0619. The second kappa shape index (κ2) is 6.84. The van der Waals surface area contributed by atoms with Crippen LogP contribution in [0.5, 0.6) is 0 Å². The number of anilines is 1. The molecule has 0 radical (unpaired) electrons. The lowest BCUT2D eigenvalue weighted by Gasteiger charge is -2.33. The molecule has 0 spiro atoms. The van der Waals surface area contributed by atoms with Crippen molar-refractivity contribution in [3.8, 4) is 0 Å². The maximum atomic E-state index is 12.8. The van der Waals surface area contributed by atoms with Crippen LogP contribution in [0.25, 0.3) is 0 Å². The number of rotatable bonds is 5. The number of hydrogen-bond acceptors (Lipinski definition) is 5. The highest BCUT2D eigenvalue weighted by Crippen LogP contribution is 2.40. The Morgan fingerprint density at radius 1 is 1.28 bits per heavy atom. The number of nitrogens with one attached hydrogen (secondary N) is 3. The van der Waals surface area contributed by atoms with E-state index < -0.39 is 0 Å². The van der Waals surface area contributed by atoms with E-state index in [0.717, 1.165) is 36.3 Å². The minimum Gasteiger partial charge on any atom is -0.379 e. The molecule has 7 heteroatoms. The Kier molecular flexibility index (Phi) is 4.40. The summed E-state index contributed by atoms with van der Waals surface area (Å²) in [6.07, 6.45) is 6.68. The predicted molar refractivity (Wildman–Crippen MR) is 93.6 cm³/mol. The lowest BCUT2D eigenvalue weighted by atomic mass is 10.0. The summed E-state index contributed by atoms with van der Waals surface area (Å²) < 4.78 is 5.60. The average molecular weight is 341 g/mol. The maximum absolute atomic E-state index is 12.8. The third-order valence-electron chi connectivity index (χ3n) is 4.79. The van der Waals surface area contributed by atoms with Crippen molar-refractivity contribution in [1.82, 2.24) is 20.3 Å². The number of carbonyl (C=O) groups excluding carboxylic acids is 1. The fraction of sp³-hybridized carbons (Fsp3) is 0.500. The third-order valence-corrected chi connectivity index (χ3v) is 4.79. The molecule has 3 N–H and O–H groups in total. The van der Waals surface area contributed by atoms with E-state index >= 15 is 0 Å². The molecule has 25 heavy (non-hydrogen) atoms. The molecule has 1 saturated heterocycles. The zero-order chi connectivity index (χ0) is 17.2. The molecule has 1 aliphatic heterocycles. The topological polar surface area (TPSA) is 91.9 Å². The van der Waals surface area contributed by atoms with Crippen LogP contribution in [-0.2, 0) is 4.74 Å². The Labute approximate surface area is 146 Å². The van der Waals surface area contributed by atoms with Crippen molar-refractivity contribution in [3.63, 3.8) is 0 Å². The molecular weight excluding hydrogens is 318 g/mol. The van der Waals surface area contributed by atoms with Gasteiger partial charge in [0.25, 0.3) is 5.91 Å². The van der Waals surface area contributed by atoms with Gasteiger partial charge in [0.1, 0.15) is 11.6 Å². The Morgan fingerprint density at radius 3 is 2.96 bits per heavy atom. The van der Waals surface area contributed by atoms with Gasteiger partial charge >= 0.3 is 0 Å². The first-order valence-corrected chi connectivity index (χ1v) is 8.83. The fourth-order valence-corrected chi connectivity index (χ4v) is 3.32. The van der Waals surface area contributed by atoms with E-state index in [2.05, 4.69) is 25.6 Å². The number of H-pyrrole nitrogens is 1. The zero-order valence-electron chi connectivity index (χ0n) is 14.3. The molecular formula is C18H23N5O2. The van der Waals surface area contributed by atoms with Gasteiger partial charge in [0, 0.05) is 24.7 Å². The van der Waals surface area contributed by atoms with Crippen LogP contribution in [0.2, 0.25) is 0 Å². The van der Waals surface area contributed by atoms with E-state index in [9.17, 15) is 4.79 Å². The van der Waals surface area contributed by atoms with Crippen LogP contribution in [-0.4, -0.2) is 46.2 Å². The van der Waals surface area contributed by atoms with Crippen LogP contribution in [0.3, 0.4) is 0 Å². The van der Waals surface area contributed by atoms with Gasteiger partial charge in [-0.2, -0.15) is 0 Å². The van der Waals surface area contributed by atoms with Crippen LogP contribution in [0, 0.1) is 6.92 Å². The first-order chi connectivity index (χ1) is 12.2. The number of nitrogens with zero attached hydrogens (tertiary/aromatic N) is 2. The summed E-state index contributed by atoms with van der Waals surface area (Å²) in [6, 6.07) is 3.69. The van der Waals surface area contributed by atoms with Crippen LogP contribution in [0.15, 0.2) is 24.5 Å². The monoisotopic (exact) mass is 341 g/mol. The first-order valence-electron chi connectivity index (χ1n) is 8.83. The molecule has 2 aromatic rings. The van der Waals surface area contributed by atoms with Crippen molar-refractivity contribution in [3.05, 3.63) is 41.6 Å². The van der Waals surface area contributed by atoms with Gasteiger partial charge in [-0.05, 0) is 44.2 Å². The first kappa shape index (κ1) is 16.1. The molecule has 2 fully saturated rings. The molecule has 2 aromatic heterocycles. The molecule has 2 aliphatic rings. The van der Waals surface area contributed by atoms with Gasteiger partial charge in [-0.3, -0.25) is 4.79 Å². The highest BCUT2D eigenvalue weighted by molar-refractivity contribution is 5.96. The molecule has 1 aliphatic carbocycles. The third kappa shape index (κ3) is 3.66. The van der Waals surface area contributed by atoms with Gasteiger partial charge in [0.2, 0.25) is 0 Å². The van der Waals surface area contributed by atoms with E-state index in [0.29, 0.717) is 25.0 Å². The number of aryl methyl sites for hydroxylation is 1. The van der Waals surface area contributed by atoms with Crippen molar-refractivity contribution in [2.45, 2.75) is 44.2 Å². The summed E-state index contributed by atoms with van der Waals surface area (Å²) in [4.78, 5) is 24.5. The highest BCUT2D eigenvalue weighted by atomic mass is 16.5. The minimum atomic E-state index is -0.0182. The summed E-state index contributed by atoms with van der Waals surface area (Å²) in [7, 11) is 0. The SMILES string of the molecule is Cc1nccc(N[C@@H]2COCC[C@@H]2NC(=O)c2cc[nH]c2C2CC2)n1.